The molecule has 29 heavy (non-hydrogen) atoms. The van der Waals surface area contributed by atoms with Gasteiger partial charge in [0.15, 0.2) is 0 Å². The van der Waals surface area contributed by atoms with Gasteiger partial charge in [-0.3, -0.25) is 4.90 Å². The Morgan fingerprint density at radius 3 is 2.83 bits per heavy atom. The lowest BCUT2D eigenvalue weighted by molar-refractivity contribution is 0.109. The SMILES string of the molecule is CCOC(=O)N1CC2=C(OC(N)=C(C#N)C2c2cccs2)/C(=C/c2cccs2)C1. The van der Waals surface area contributed by atoms with Crippen molar-refractivity contribution >= 4 is 34.8 Å². The van der Waals surface area contributed by atoms with Gasteiger partial charge in [-0.05, 0) is 35.9 Å². The van der Waals surface area contributed by atoms with E-state index in [4.69, 9.17) is 15.2 Å². The van der Waals surface area contributed by atoms with E-state index in [1.54, 1.807) is 34.5 Å². The van der Waals surface area contributed by atoms with Crippen LogP contribution < -0.4 is 5.73 Å². The zero-order valence-corrected chi connectivity index (χ0v) is 17.4. The molecule has 2 N–H and O–H groups in total. The van der Waals surface area contributed by atoms with Crippen molar-refractivity contribution < 1.29 is 14.3 Å². The summed E-state index contributed by atoms with van der Waals surface area (Å²) in [6, 6.07) is 10.1. The zero-order chi connectivity index (χ0) is 20.4. The van der Waals surface area contributed by atoms with Gasteiger partial charge in [0.1, 0.15) is 17.4 Å². The molecule has 0 saturated heterocycles. The van der Waals surface area contributed by atoms with Crippen LogP contribution in [0.1, 0.15) is 22.6 Å². The van der Waals surface area contributed by atoms with Gasteiger partial charge in [0, 0.05) is 20.9 Å². The second-order valence-electron chi connectivity index (χ2n) is 6.53. The number of nitriles is 1. The minimum atomic E-state index is -0.387. The summed E-state index contributed by atoms with van der Waals surface area (Å²) in [6.45, 7) is 2.75. The molecule has 4 rings (SSSR count). The van der Waals surface area contributed by atoms with E-state index in [-0.39, 0.29) is 17.9 Å². The minimum absolute atomic E-state index is 0.117. The maximum absolute atomic E-state index is 12.5. The lowest BCUT2D eigenvalue weighted by Crippen LogP contribution is -2.41. The number of ether oxygens (including phenoxy) is 2. The molecule has 2 aromatic heterocycles. The van der Waals surface area contributed by atoms with E-state index >= 15 is 0 Å². The van der Waals surface area contributed by atoms with Crippen molar-refractivity contribution in [3.63, 3.8) is 0 Å². The Morgan fingerprint density at radius 1 is 1.38 bits per heavy atom. The summed E-state index contributed by atoms with van der Waals surface area (Å²) in [7, 11) is 0. The molecule has 0 aliphatic carbocycles. The standard InChI is InChI=1S/C21H19N3O3S2/c1-2-26-21(25)24-11-13(9-14-5-3-7-28-14)19-16(12-24)18(17-6-4-8-29-17)15(10-22)20(23)27-19/h3-9,18H,2,11-12,23H2,1H3/b13-9+. The van der Waals surface area contributed by atoms with E-state index in [2.05, 4.69) is 6.07 Å². The third-order valence-electron chi connectivity index (χ3n) is 4.75. The van der Waals surface area contributed by atoms with E-state index < -0.39 is 0 Å². The number of hydrogen-bond acceptors (Lipinski definition) is 7. The average molecular weight is 426 g/mol. The normalized spacial score (nSPS) is 20.3. The first-order valence-electron chi connectivity index (χ1n) is 9.12. The number of allylic oxidation sites excluding steroid dienone is 1. The summed E-state index contributed by atoms with van der Waals surface area (Å²) >= 11 is 3.15. The van der Waals surface area contributed by atoms with E-state index in [0.29, 0.717) is 31.0 Å². The molecule has 148 valence electrons. The zero-order valence-electron chi connectivity index (χ0n) is 15.8. The summed E-state index contributed by atoms with van der Waals surface area (Å²) < 4.78 is 11.2. The van der Waals surface area contributed by atoms with Crippen LogP contribution in [0, 0.1) is 11.3 Å². The summed E-state index contributed by atoms with van der Waals surface area (Å²) in [5.74, 6) is 0.424. The Bertz CT molecular complexity index is 1040. The van der Waals surface area contributed by atoms with Crippen molar-refractivity contribution in [2.24, 2.45) is 5.73 Å². The Balaban J connectivity index is 1.85. The van der Waals surface area contributed by atoms with Gasteiger partial charge in [-0.15, -0.1) is 22.7 Å². The second-order valence-corrected chi connectivity index (χ2v) is 8.49. The third kappa shape index (κ3) is 3.67. The number of carbonyl (C=O) groups is 1. The summed E-state index contributed by atoms with van der Waals surface area (Å²) in [5.41, 5.74) is 8.20. The van der Waals surface area contributed by atoms with E-state index in [9.17, 15) is 10.1 Å². The molecule has 0 bridgehead atoms. The van der Waals surface area contributed by atoms with E-state index in [1.807, 2.05) is 41.1 Å². The molecule has 8 heteroatoms. The molecular weight excluding hydrogens is 406 g/mol. The highest BCUT2D eigenvalue weighted by atomic mass is 32.1. The molecule has 1 amide bonds. The van der Waals surface area contributed by atoms with Crippen molar-refractivity contribution in [2.45, 2.75) is 12.8 Å². The fourth-order valence-corrected chi connectivity index (χ4v) is 5.09. The molecule has 0 radical (unpaired) electrons. The smallest absolute Gasteiger partial charge is 0.410 e. The van der Waals surface area contributed by atoms with Crippen molar-refractivity contribution in [1.29, 1.82) is 5.26 Å². The Morgan fingerprint density at radius 2 is 2.17 bits per heavy atom. The lowest BCUT2D eigenvalue weighted by atomic mass is 9.84. The van der Waals surface area contributed by atoms with Crippen LogP contribution in [-0.2, 0) is 9.47 Å². The third-order valence-corrected chi connectivity index (χ3v) is 6.51. The van der Waals surface area contributed by atoms with E-state index in [1.165, 1.54) is 0 Å². The van der Waals surface area contributed by atoms with Crippen LogP contribution in [-0.4, -0.2) is 30.7 Å². The fraction of sp³-hybridized carbons (Fsp3) is 0.238. The van der Waals surface area contributed by atoms with Gasteiger partial charge < -0.3 is 15.2 Å². The highest BCUT2D eigenvalue weighted by Crippen LogP contribution is 2.45. The van der Waals surface area contributed by atoms with Gasteiger partial charge in [0.25, 0.3) is 0 Å². The first kappa shape index (κ1) is 19.3. The predicted octanol–water partition coefficient (Wildman–Crippen LogP) is 4.43. The van der Waals surface area contributed by atoms with Crippen molar-refractivity contribution in [2.75, 3.05) is 19.7 Å². The number of thiophene rings is 2. The molecule has 2 aliphatic heterocycles. The van der Waals surface area contributed by atoms with Gasteiger partial charge >= 0.3 is 6.09 Å². The highest BCUT2D eigenvalue weighted by Gasteiger charge is 2.39. The fourth-order valence-electron chi connectivity index (χ4n) is 3.54. The van der Waals surface area contributed by atoms with Crippen LogP contribution in [0.25, 0.3) is 6.08 Å². The molecule has 6 nitrogen and oxygen atoms in total. The maximum Gasteiger partial charge on any atom is 0.410 e. The maximum atomic E-state index is 12.5. The van der Waals surface area contributed by atoms with Gasteiger partial charge in [-0.25, -0.2) is 4.79 Å². The first-order valence-corrected chi connectivity index (χ1v) is 10.9. The molecular formula is C21H19N3O3S2. The van der Waals surface area contributed by atoms with Gasteiger partial charge in [0.2, 0.25) is 5.88 Å². The molecule has 0 fully saturated rings. The van der Waals surface area contributed by atoms with Crippen LogP contribution in [0.5, 0.6) is 0 Å². The van der Waals surface area contributed by atoms with E-state index in [0.717, 1.165) is 20.9 Å². The van der Waals surface area contributed by atoms with Gasteiger partial charge in [0.05, 0.1) is 25.6 Å². The summed E-state index contributed by atoms with van der Waals surface area (Å²) in [4.78, 5) is 16.2. The van der Waals surface area contributed by atoms with Crippen LogP contribution in [0.2, 0.25) is 0 Å². The second kappa shape index (κ2) is 8.15. The molecule has 0 saturated carbocycles. The Labute approximate surface area is 176 Å². The molecule has 1 unspecified atom stereocenters. The van der Waals surface area contributed by atoms with Gasteiger partial charge in [-0.1, -0.05) is 12.1 Å². The number of nitrogens with zero attached hydrogens (tertiary/aromatic N) is 2. The quantitative estimate of drug-likeness (QED) is 0.786. The van der Waals surface area contributed by atoms with Crippen molar-refractivity contribution in [3.8, 4) is 6.07 Å². The Hall–Kier alpha value is -3.02. The molecule has 0 aromatic carbocycles. The van der Waals surface area contributed by atoms with Crippen LogP contribution in [0.15, 0.2) is 63.4 Å². The number of hydrogen-bond donors (Lipinski definition) is 1. The monoisotopic (exact) mass is 425 g/mol. The number of nitrogens with two attached hydrogens (primary N) is 1. The molecule has 0 spiro atoms. The largest absolute Gasteiger partial charge is 0.450 e. The number of carbonyl (C=O) groups excluding carboxylic acids is 1. The molecule has 4 heterocycles. The number of amides is 1. The Kier molecular flexibility index (Phi) is 5.43. The molecule has 1 atom stereocenters. The van der Waals surface area contributed by atoms with Gasteiger partial charge in [-0.2, -0.15) is 5.26 Å². The average Bonchev–Trinajstić information content (AvgIpc) is 3.41. The molecule has 2 aromatic rings. The number of rotatable bonds is 3. The topological polar surface area (TPSA) is 88.6 Å². The van der Waals surface area contributed by atoms with Crippen molar-refractivity contribution in [1.82, 2.24) is 4.90 Å². The molecule has 2 aliphatic rings. The predicted molar refractivity (Wildman–Crippen MR) is 113 cm³/mol. The van der Waals surface area contributed by atoms with Crippen LogP contribution in [0.3, 0.4) is 0 Å². The van der Waals surface area contributed by atoms with Crippen LogP contribution >= 0.6 is 22.7 Å². The minimum Gasteiger partial charge on any atom is -0.450 e. The first-order chi connectivity index (χ1) is 14.1. The summed E-state index contributed by atoms with van der Waals surface area (Å²) in [5, 5.41) is 13.7. The lowest BCUT2D eigenvalue weighted by Gasteiger charge is -2.37. The highest BCUT2D eigenvalue weighted by molar-refractivity contribution is 7.10. The van der Waals surface area contributed by atoms with Crippen LogP contribution in [0.4, 0.5) is 4.79 Å². The summed E-state index contributed by atoms with van der Waals surface area (Å²) in [6.07, 6.45) is 1.61. The van der Waals surface area contributed by atoms with Crippen molar-refractivity contribution in [3.05, 3.63) is 73.1 Å².